The third-order valence-corrected chi connectivity index (χ3v) is 4.41. The maximum absolute atomic E-state index is 12.9. The fourth-order valence-electron chi connectivity index (χ4n) is 3.01. The molecule has 0 aliphatic carbocycles. The van der Waals surface area contributed by atoms with Crippen LogP contribution in [0.15, 0.2) is 62.6 Å². The second-order valence-corrected chi connectivity index (χ2v) is 6.49. The lowest BCUT2D eigenvalue weighted by molar-refractivity contribution is -0.132. The van der Waals surface area contributed by atoms with Crippen LogP contribution in [0.25, 0.3) is 22.6 Å². The van der Waals surface area contributed by atoms with Crippen LogP contribution < -0.4 is 5.56 Å². The molecule has 3 heterocycles. The molecule has 0 radical (unpaired) electrons. The maximum atomic E-state index is 12.9. The normalized spacial score (nSPS) is 11.1. The summed E-state index contributed by atoms with van der Waals surface area (Å²) >= 11 is 0. The van der Waals surface area contributed by atoms with Gasteiger partial charge in [0.25, 0.3) is 11.4 Å². The van der Waals surface area contributed by atoms with Crippen molar-refractivity contribution in [2.45, 2.75) is 26.4 Å². The zero-order chi connectivity index (χ0) is 20.2. The van der Waals surface area contributed by atoms with Crippen LogP contribution in [0, 0.1) is 0 Å². The Labute approximate surface area is 165 Å². The highest BCUT2D eigenvalue weighted by Gasteiger charge is 2.19. The minimum atomic E-state index is -0.252. The van der Waals surface area contributed by atoms with Crippen molar-refractivity contribution in [3.05, 3.63) is 65.2 Å². The molecule has 3 aromatic heterocycles. The number of carbonyl (C=O) groups is 1. The Morgan fingerprint density at radius 1 is 1.17 bits per heavy atom. The summed E-state index contributed by atoms with van der Waals surface area (Å²) in [5.41, 5.74) is 0.348. The zero-order valence-electron chi connectivity index (χ0n) is 15.8. The fourth-order valence-corrected chi connectivity index (χ4v) is 3.01. The molecule has 0 aliphatic rings. The van der Waals surface area contributed by atoms with E-state index in [1.165, 1.54) is 17.2 Å². The molecule has 0 fully saturated rings. The highest BCUT2D eigenvalue weighted by atomic mass is 16.4. The van der Waals surface area contributed by atoms with Crippen molar-refractivity contribution < 1.29 is 13.6 Å². The molecule has 0 saturated heterocycles. The van der Waals surface area contributed by atoms with Crippen molar-refractivity contribution in [1.82, 2.24) is 24.6 Å². The van der Waals surface area contributed by atoms with Crippen molar-refractivity contribution in [2.24, 2.45) is 0 Å². The number of benzene rings is 1. The number of para-hydroxylation sites is 1. The van der Waals surface area contributed by atoms with Crippen LogP contribution in [0.4, 0.5) is 0 Å². The maximum Gasteiger partial charge on any atom is 0.283 e. The summed E-state index contributed by atoms with van der Waals surface area (Å²) in [6.45, 7) is 2.49. The van der Waals surface area contributed by atoms with E-state index in [0.717, 1.165) is 6.42 Å². The Morgan fingerprint density at radius 3 is 2.83 bits per heavy atom. The Hall–Kier alpha value is -3.75. The molecule has 0 atom stereocenters. The average molecular weight is 393 g/mol. The fraction of sp³-hybridized carbons (Fsp3) is 0.250. The van der Waals surface area contributed by atoms with Gasteiger partial charge in [0.15, 0.2) is 5.76 Å². The molecule has 0 bridgehead atoms. The van der Waals surface area contributed by atoms with Gasteiger partial charge in [-0.05, 0) is 30.7 Å². The number of rotatable bonds is 7. The van der Waals surface area contributed by atoms with E-state index in [4.69, 9.17) is 8.83 Å². The van der Waals surface area contributed by atoms with E-state index >= 15 is 0 Å². The predicted octanol–water partition coefficient (Wildman–Crippen LogP) is 2.48. The number of nitrogens with zero attached hydrogens (tertiary/aromatic N) is 5. The van der Waals surface area contributed by atoms with Crippen molar-refractivity contribution in [3.8, 4) is 11.7 Å². The summed E-state index contributed by atoms with van der Waals surface area (Å²) in [5.74, 6) is 0.778. The minimum Gasteiger partial charge on any atom is -0.459 e. The van der Waals surface area contributed by atoms with Crippen molar-refractivity contribution in [3.63, 3.8) is 0 Å². The van der Waals surface area contributed by atoms with Gasteiger partial charge in [-0.1, -0.05) is 19.1 Å². The molecule has 0 saturated carbocycles. The summed E-state index contributed by atoms with van der Waals surface area (Å²) < 4.78 is 12.1. The molecular weight excluding hydrogens is 374 g/mol. The van der Waals surface area contributed by atoms with Gasteiger partial charge in [-0.3, -0.25) is 14.2 Å². The Morgan fingerprint density at radius 2 is 2.03 bits per heavy atom. The highest BCUT2D eigenvalue weighted by molar-refractivity contribution is 5.79. The van der Waals surface area contributed by atoms with Gasteiger partial charge in [-0.15, -0.1) is 10.2 Å². The molecule has 1 amide bonds. The number of aromatic nitrogens is 4. The van der Waals surface area contributed by atoms with Crippen molar-refractivity contribution in [2.75, 3.05) is 6.54 Å². The molecule has 9 heteroatoms. The second-order valence-electron chi connectivity index (χ2n) is 6.49. The summed E-state index contributed by atoms with van der Waals surface area (Å²) in [5, 5.41) is 8.42. The average Bonchev–Trinajstić information content (AvgIpc) is 3.42. The molecule has 0 aliphatic heterocycles. The molecule has 0 spiro atoms. The van der Waals surface area contributed by atoms with Crippen molar-refractivity contribution in [1.29, 1.82) is 0 Å². The van der Waals surface area contributed by atoms with Crippen molar-refractivity contribution >= 4 is 16.8 Å². The van der Waals surface area contributed by atoms with E-state index in [9.17, 15) is 9.59 Å². The number of fused-ring (bicyclic) bond motifs is 1. The van der Waals surface area contributed by atoms with E-state index in [-0.39, 0.29) is 30.4 Å². The number of furan rings is 1. The van der Waals surface area contributed by atoms with Gasteiger partial charge in [0.2, 0.25) is 11.8 Å². The lowest BCUT2D eigenvalue weighted by Gasteiger charge is -2.20. The second kappa shape index (κ2) is 8.09. The van der Waals surface area contributed by atoms with Gasteiger partial charge in [0.05, 0.1) is 30.0 Å². The summed E-state index contributed by atoms with van der Waals surface area (Å²) in [7, 11) is 0. The number of amides is 1. The molecule has 4 aromatic rings. The van der Waals surface area contributed by atoms with Crippen LogP contribution in [0.2, 0.25) is 0 Å². The third-order valence-electron chi connectivity index (χ3n) is 4.41. The first kappa shape index (κ1) is 18.6. The van der Waals surface area contributed by atoms with Gasteiger partial charge in [0.1, 0.15) is 6.54 Å². The highest BCUT2D eigenvalue weighted by Crippen LogP contribution is 2.18. The number of hydrogen-bond donors (Lipinski definition) is 0. The third kappa shape index (κ3) is 3.93. The van der Waals surface area contributed by atoms with Crippen LogP contribution in [-0.2, 0) is 17.9 Å². The van der Waals surface area contributed by atoms with Gasteiger partial charge in [-0.25, -0.2) is 4.98 Å². The quantitative estimate of drug-likeness (QED) is 0.475. The minimum absolute atomic E-state index is 0.115. The molecule has 148 valence electrons. The molecule has 4 rings (SSSR count). The summed E-state index contributed by atoms with van der Waals surface area (Å²) in [6, 6.07) is 10.5. The predicted molar refractivity (Wildman–Crippen MR) is 104 cm³/mol. The smallest absolute Gasteiger partial charge is 0.283 e. The summed E-state index contributed by atoms with van der Waals surface area (Å²) in [4.78, 5) is 31.3. The Kier molecular flexibility index (Phi) is 5.19. The van der Waals surface area contributed by atoms with Crippen LogP contribution in [0.3, 0.4) is 0 Å². The standard InChI is InChI=1S/C20H19N5O4/c1-2-9-24(11-17-22-23-19(29-17)16-8-5-10-28-16)18(26)12-25-13-21-15-7-4-3-6-14(15)20(25)27/h3-8,10,13H,2,9,11-12H2,1H3. The van der Waals surface area contributed by atoms with Gasteiger partial charge >= 0.3 is 0 Å². The van der Waals surface area contributed by atoms with Gasteiger partial charge in [-0.2, -0.15) is 0 Å². The SMILES string of the molecule is CCCN(Cc1nnc(-c2ccco2)o1)C(=O)Cn1cnc2ccccc2c1=O. The largest absolute Gasteiger partial charge is 0.459 e. The van der Waals surface area contributed by atoms with Gasteiger partial charge < -0.3 is 13.7 Å². The first-order valence-electron chi connectivity index (χ1n) is 9.24. The van der Waals surface area contributed by atoms with Crippen LogP contribution in [0.5, 0.6) is 0 Å². The van der Waals surface area contributed by atoms with E-state index in [1.54, 1.807) is 35.2 Å². The molecular formula is C20H19N5O4. The molecule has 1 aromatic carbocycles. The molecule has 0 unspecified atom stereocenters. The van der Waals surface area contributed by atoms with Crippen LogP contribution in [-0.4, -0.2) is 37.1 Å². The summed E-state index contributed by atoms with van der Waals surface area (Å²) in [6.07, 6.45) is 3.66. The van der Waals surface area contributed by atoms with Crippen LogP contribution >= 0.6 is 0 Å². The molecule has 0 N–H and O–H groups in total. The van der Waals surface area contributed by atoms with E-state index < -0.39 is 0 Å². The lowest BCUT2D eigenvalue weighted by atomic mass is 10.2. The topological polar surface area (TPSA) is 107 Å². The first-order valence-corrected chi connectivity index (χ1v) is 9.24. The van der Waals surface area contributed by atoms with Gasteiger partial charge in [0, 0.05) is 6.54 Å². The number of hydrogen-bond acceptors (Lipinski definition) is 7. The Bertz CT molecular complexity index is 1180. The van der Waals surface area contributed by atoms with E-state index in [0.29, 0.717) is 29.1 Å². The van der Waals surface area contributed by atoms with E-state index in [1.807, 2.05) is 13.0 Å². The molecule has 29 heavy (non-hydrogen) atoms. The first-order chi connectivity index (χ1) is 14.2. The van der Waals surface area contributed by atoms with Crippen LogP contribution in [0.1, 0.15) is 19.2 Å². The monoisotopic (exact) mass is 393 g/mol. The zero-order valence-corrected chi connectivity index (χ0v) is 15.8. The molecule has 9 nitrogen and oxygen atoms in total. The Balaban J connectivity index is 1.52. The number of carbonyl (C=O) groups excluding carboxylic acids is 1. The van der Waals surface area contributed by atoms with E-state index in [2.05, 4.69) is 15.2 Å². The lowest BCUT2D eigenvalue weighted by Crippen LogP contribution is -2.36.